The van der Waals surface area contributed by atoms with Gasteiger partial charge in [0.25, 0.3) is 0 Å². The molecular weight excluding hydrogens is 230 g/mol. The second-order valence-electron chi connectivity index (χ2n) is 4.48. The summed E-state index contributed by atoms with van der Waals surface area (Å²) in [5.41, 5.74) is 0. The predicted molar refractivity (Wildman–Crippen MR) is 72.3 cm³/mol. The molecule has 0 aliphatic heterocycles. The molecule has 0 aromatic rings. The van der Waals surface area contributed by atoms with Gasteiger partial charge in [0, 0.05) is 12.8 Å². The van der Waals surface area contributed by atoms with Gasteiger partial charge in [0.15, 0.2) is 0 Å². The molecule has 0 aliphatic rings. The monoisotopic (exact) mass is 257 g/mol. The minimum Gasteiger partial charge on any atom is -0.464 e. The van der Waals surface area contributed by atoms with E-state index in [-0.39, 0.29) is 18.5 Å². The molecule has 4 heteroatoms. The summed E-state index contributed by atoms with van der Waals surface area (Å²) in [6.45, 7) is 4.88. The fourth-order valence-electron chi connectivity index (χ4n) is 1.55. The Hall–Kier alpha value is -1.06. The molecule has 0 spiro atoms. The van der Waals surface area contributed by atoms with Crippen molar-refractivity contribution >= 4 is 11.9 Å². The average molecular weight is 257 g/mol. The largest absolute Gasteiger partial charge is 0.464 e. The first-order valence-corrected chi connectivity index (χ1v) is 7.13. The van der Waals surface area contributed by atoms with Gasteiger partial charge in [0.2, 0.25) is 5.91 Å². The van der Waals surface area contributed by atoms with Gasteiger partial charge in [0.05, 0.1) is 6.54 Å². The second kappa shape index (κ2) is 12.4. The minimum absolute atomic E-state index is 0.0516. The lowest BCUT2D eigenvalue weighted by Gasteiger charge is -2.06. The summed E-state index contributed by atoms with van der Waals surface area (Å²) in [6, 6.07) is 0. The van der Waals surface area contributed by atoms with Crippen LogP contribution in [0.15, 0.2) is 0 Å². The molecular formula is C14H27NO3. The standard InChI is InChI=1S/C14H27NO3/c1-3-5-7-8-9-13(16)15-11-12-18-14(17)10-6-4-2/h3-12H2,1-2H3,(H,15,16). The maximum atomic E-state index is 11.4. The smallest absolute Gasteiger partial charge is 0.305 e. The van der Waals surface area contributed by atoms with Gasteiger partial charge < -0.3 is 10.1 Å². The van der Waals surface area contributed by atoms with E-state index in [1.807, 2.05) is 6.92 Å². The number of hydrogen-bond acceptors (Lipinski definition) is 3. The quantitative estimate of drug-likeness (QED) is 0.457. The van der Waals surface area contributed by atoms with Crippen molar-refractivity contribution in [2.24, 2.45) is 0 Å². The number of ether oxygens (including phenoxy) is 1. The number of rotatable bonds is 11. The Labute approximate surface area is 110 Å². The number of amides is 1. The normalized spacial score (nSPS) is 10.1. The molecule has 0 unspecified atom stereocenters. The number of carbonyl (C=O) groups excluding carboxylic acids is 2. The highest BCUT2D eigenvalue weighted by Crippen LogP contribution is 2.01. The molecule has 0 radical (unpaired) electrons. The highest BCUT2D eigenvalue weighted by Gasteiger charge is 2.03. The van der Waals surface area contributed by atoms with Crippen LogP contribution in [0.25, 0.3) is 0 Å². The third-order valence-corrected chi connectivity index (χ3v) is 2.68. The van der Waals surface area contributed by atoms with Crippen LogP contribution in [-0.2, 0) is 14.3 Å². The average Bonchev–Trinajstić information content (AvgIpc) is 2.37. The zero-order chi connectivity index (χ0) is 13.6. The van der Waals surface area contributed by atoms with Crippen LogP contribution in [-0.4, -0.2) is 25.0 Å². The van der Waals surface area contributed by atoms with Gasteiger partial charge in [-0.1, -0.05) is 39.5 Å². The highest BCUT2D eigenvalue weighted by atomic mass is 16.5. The molecule has 1 amide bonds. The zero-order valence-corrected chi connectivity index (χ0v) is 11.8. The molecule has 0 heterocycles. The molecule has 18 heavy (non-hydrogen) atoms. The molecule has 0 rings (SSSR count). The highest BCUT2D eigenvalue weighted by molar-refractivity contribution is 5.75. The van der Waals surface area contributed by atoms with Gasteiger partial charge in [0.1, 0.15) is 6.61 Å². The lowest BCUT2D eigenvalue weighted by molar-refractivity contribution is -0.144. The summed E-state index contributed by atoms with van der Waals surface area (Å²) in [4.78, 5) is 22.5. The molecule has 0 aliphatic carbocycles. The van der Waals surface area contributed by atoms with E-state index in [0.717, 1.165) is 25.7 Å². The van der Waals surface area contributed by atoms with E-state index in [0.29, 0.717) is 19.4 Å². The van der Waals surface area contributed by atoms with E-state index >= 15 is 0 Å². The first kappa shape index (κ1) is 16.9. The van der Waals surface area contributed by atoms with Gasteiger partial charge >= 0.3 is 5.97 Å². The van der Waals surface area contributed by atoms with Crippen molar-refractivity contribution < 1.29 is 14.3 Å². The molecule has 0 bridgehead atoms. The Morgan fingerprint density at radius 3 is 2.33 bits per heavy atom. The third kappa shape index (κ3) is 11.4. The maximum absolute atomic E-state index is 11.4. The van der Waals surface area contributed by atoms with Crippen molar-refractivity contribution in [3.05, 3.63) is 0 Å². The lowest BCUT2D eigenvalue weighted by Crippen LogP contribution is -2.27. The summed E-state index contributed by atoms with van der Waals surface area (Å²) < 4.78 is 4.98. The van der Waals surface area contributed by atoms with Gasteiger partial charge in [-0.15, -0.1) is 0 Å². The molecule has 0 saturated carbocycles. The maximum Gasteiger partial charge on any atom is 0.305 e. The van der Waals surface area contributed by atoms with E-state index in [1.54, 1.807) is 0 Å². The van der Waals surface area contributed by atoms with Crippen molar-refractivity contribution in [3.8, 4) is 0 Å². The Kier molecular flexibility index (Phi) is 11.7. The van der Waals surface area contributed by atoms with Gasteiger partial charge in [-0.2, -0.15) is 0 Å². The van der Waals surface area contributed by atoms with E-state index < -0.39 is 0 Å². The Bertz CT molecular complexity index is 229. The Morgan fingerprint density at radius 2 is 1.67 bits per heavy atom. The number of carbonyl (C=O) groups is 2. The zero-order valence-electron chi connectivity index (χ0n) is 11.8. The summed E-state index contributed by atoms with van der Waals surface area (Å²) in [6.07, 6.45) is 7.31. The molecule has 1 N–H and O–H groups in total. The first-order valence-electron chi connectivity index (χ1n) is 7.13. The molecule has 0 fully saturated rings. The summed E-state index contributed by atoms with van der Waals surface area (Å²) in [5, 5.41) is 2.75. The Balaban J connectivity index is 3.31. The number of hydrogen-bond donors (Lipinski definition) is 1. The van der Waals surface area contributed by atoms with Crippen LogP contribution in [0.2, 0.25) is 0 Å². The van der Waals surface area contributed by atoms with Crippen molar-refractivity contribution in [1.82, 2.24) is 5.32 Å². The van der Waals surface area contributed by atoms with E-state index in [4.69, 9.17) is 4.74 Å². The molecule has 0 aromatic heterocycles. The fraction of sp³-hybridized carbons (Fsp3) is 0.857. The first-order chi connectivity index (χ1) is 8.70. The van der Waals surface area contributed by atoms with Gasteiger partial charge in [-0.05, 0) is 12.8 Å². The van der Waals surface area contributed by atoms with Crippen LogP contribution in [0.4, 0.5) is 0 Å². The summed E-state index contributed by atoms with van der Waals surface area (Å²) >= 11 is 0. The predicted octanol–water partition coefficient (Wildman–Crippen LogP) is 2.81. The Morgan fingerprint density at radius 1 is 0.944 bits per heavy atom. The number of unbranched alkanes of at least 4 members (excludes halogenated alkanes) is 4. The van der Waals surface area contributed by atoms with Crippen molar-refractivity contribution in [2.45, 2.75) is 65.2 Å². The minimum atomic E-state index is -0.172. The molecule has 106 valence electrons. The van der Waals surface area contributed by atoms with Crippen LogP contribution in [0.3, 0.4) is 0 Å². The number of esters is 1. The van der Waals surface area contributed by atoms with Crippen molar-refractivity contribution in [2.75, 3.05) is 13.2 Å². The van der Waals surface area contributed by atoms with Gasteiger partial charge in [-0.25, -0.2) is 0 Å². The van der Waals surface area contributed by atoms with Crippen molar-refractivity contribution in [3.63, 3.8) is 0 Å². The molecule has 4 nitrogen and oxygen atoms in total. The van der Waals surface area contributed by atoms with Crippen LogP contribution < -0.4 is 5.32 Å². The number of nitrogens with one attached hydrogen (secondary N) is 1. The van der Waals surface area contributed by atoms with Crippen LogP contribution in [0.1, 0.15) is 65.2 Å². The molecule has 0 atom stereocenters. The fourth-order valence-corrected chi connectivity index (χ4v) is 1.55. The van der Waals surface area contributed by atoms with E-state index in [1.165, 1.54) is 12.8 Å². The molecule has 0 aromatic carbocycles. The van der Waals surface area contributed by atoms with E-state index in [2.05, 4.69) is 12.2 Å². The summed E-state index contributed by atoms with van der Waals surface area (Å²) in [7, 11) is 0. The SMILES string of the molecule is CCCCCCC(=O)NCCOC(=O)CCCC. The third-order valence-electron chi connectivity index (χ3n) is 2.68. The van der Waals surface area contributed by atoms with Gasteiger partial charge in [-0.3, -0.25) is 9.59 Å². The second-order valence-corrected chi connectivity index (χ2v) is 4.48. The summed E-state index contributed by atoms with van der Waals surface area (Å²) in [5.74, 6) is -0.121. The van der Waals surface area contributed by atoms with Crippen LogP contribution in [0.5, 0.6) is 0 Å². The van der Waals surface area contributed by atoms with Crippen LogP contribution >= 0.6 is 0 Å². The molecule has 0 saturated heterocycles. The topological polar surface area (TPSA) is 55.4 Å². The lowest BCUT2D eigenvalue weighted by atomic mass is 10.1. The van der Waals surface area contributed by atoms with Crippen molar-refractivity contribution in [1.29, 1.82) is 0 Å². The van der Waals surface area contributed by atoms with Crippen LogP contribution in [0, 0.1) is 0 Å². The van der Waals surface area contributed by atoms with E-state index in [9.17, 15) is 9.59 Å².